The van der Waals surface area contributed by atoms with Gasteiger partial charge in [-0.2, -0.15) is 0 Å². The number of carbonyl (C=O) groups excluding carboxylic acids is 4. The number of amides is 1. The fourth-order valence-electron chi connectivity index (χ4n) is 3.91. The quantitative estimate of drug-likeness (QED) is 0.605. The van der Waals surface area contributed by atoms with Gasteiger partial charge < -0.3 is 14.8 Å². The number of carbonyl (C=O) groups is 4. The molecule has 4 rings (SSSR count). The van der Waals surface area contributed by atoms with E-state index in [1.165, 1.54) is 6.92 Å². The van der Waals surface area contributed by atoms with Crippen LogP contribution in [0.2, 0.25) is 0 Å². The number of esters is 1. The fourth-order valence-corrected chi connectivity index (χ4v) is 3.91. The van der Waals surface area contributed by atoms with Gasteiger partial charge in [-0.05, 0) is 29.2 Å². The normalized spacial score (nSPS) is 16.7. The molecule has 7 nitrogen and oxygen atoms in total. The largest absolute Gasteiger partial charge is 0.449 e. The molecule has 0 bridgehead atoms. The molecule has 0 radical (unpaired) electrons. The maximum absolute atomic E-state index is 12.2. The van der Waals surface area contributed by atoms with Crippen LogP contribution >= 0.6 is 0 Å². The summed E-state index contributed by atoms with van der Waals surface area (Å²) in [4.78, 5) is 47.6. The van der Waals surface area contributed by atoms with Crippen LogP contribution in [0.3, 0.4) is 0 Å². The summed E-state index contributed by atoms with van der Waals surface area (Å²) >= 11 is 0. The van der Waals surface area contributed by atoms with Crippen molar-refractivity contribution in [3.63, 3.8) is 0 Å². The van der Waals surface area contributed by atoms with E-state index in [9.17, 15) is 19.2 Å². The first-order valence-electron chi connectivity index (χ1n) is 9.83. The van der Waals surface area contributed by atoms with E-state index >= 15 is 0 Å². The van der Waals surface area contributed by atoms with Gasteiger partial charge >= 0.3 is 12.1 Å². The third-order valence-electron chi connectivity index (χ3n) is 5.47. The first-order valence-corrected chi connectivity index (χ1v) is 9.83. The lowest BCUT2D eigenvalue weighted by Gasteiger charge is -2.17. The summed E-state index contributed by atoms with van der Waals surface area (Å²) in [6.45, 7) is 1.52. The highest BCUT2D eigenvalue weighted by molar-refractivity contribution is 6.12. The minimum atomic E-state index is -1.36. The second-order valence-corrected chi connectivity index (χ2v) is 7.44. The first kappa shape index (κ1) is 19.8. The Hall–Kier alpha value is -3.48. The van der Waals surface area contributed by atoms with Gasteiger partial charge in [-0.15, -0.1) is 0 Å². The summed E-state index contributed by atoms with van der Waals surface area (Å²) < 4.78 is 10.3. The fraction of sp³-hybridized carbons (Fsp3) is 0.304. The van der Waals surface area contributed by atoms with Gasteiger partial charge in [0, 0.05) is 18.8 Å². The van der Waals surface area contributed by atoms with Crippen LogP contribution in [0.25, 0.3) is 11.1 Å². The SMILES string of the molecule is CC(NC(=O)OCC1c2ccccc2-c2ccccc21)C(=O)OC1C(=O)CCC1=O. The van der Waals surface area contributed by atoms with Crippen LogP contribution in [0, 0.1) is 0 Å². The summed E-state index contributed by atoms with van der Waals surface area (Å²) in [7, 11) is 0. The Balaban J connectivity index is 1.35. The number of rotatable bonds is 5. The van der Waals surface area contributed by atoms with Crippen LogP contribution in [0.5, 0.6) is 0 Å². The molecule has 2 aliphatic carbocycles. The zero-order valence-electron chi connectivity index (χ0n) is 16.4. The molecule has 1 saturated carbocycles. The van der Waals surface area contributed by atoms with Crippen LogP contribution in [-0.4, -0.2) is 42.4 Å². The van der Waals surface area contributed by atoms with Crippen molar-refractivity contribution in [2.24, 2.45) is 0 Å². The lowest BCUT2D eigenvalue weighted by Crippen LogP contribution is -2.43. The lowest BCUT2D eigenvalue weighted by molar-refractivity contribution is -0.158. The van der Waals surface area contributed by atoms with Crippen LogP contribution in [0.4, 0.5) is 4.79 Å². The molecule has 0 heterocycles. The highest BCUT2D eigenvalue weighted by atomic mass is 16.6. The van der Waals surface area contributed by atoms with Crippen molar-refractivity contribution in [2.45, 2.75) is 37.8 Å². The Kier molecular flexibility index (Phi) is 5.35. The van der Waals surface area contributed by atoms with Gasteiger partial charge in [0.05, 0.1) is 0 Å². The molecular formula is C23H21NO6. The predicted molar refractivity (Wildman–Crippen MR) is 107 cm³/mol. The van der Waals surface area contributed by atoms with Gasteiger partial charge in [-0.3, -0.25) is 9.59 Å². The van der Waals surface area contributed by atoms with Crippen molar-refractivity contribution >= 4 is 23.6 Å². The number of Topliss-reactive ketones (excluding diaryl/α,β-unsaturated/α-hetero) is 2. The molecule has 2 aromatic carbocycles. The molecule has 2 aliphatic rings. The molecule has 1 atom stereocenters. The van der Waals surface area contributed by atoms with Crippen LogP contribution < -0.4 is 5.32 Å². The van der Waals surface area contributed by atoms with Crippen LogP contribution in [0.15, 0.2) is 48.5 Å². The predicted octanol–water partition coefficient (Wildman–Crippen LogP) is 2.76. The summed E-state index contributed by atoms with van der Waals surface area (Å²) in [5, 5.41) is 2.40. The third kappa shape index (κ3) is 3.70. The van der Waals surface area contributed by atoms with E-state index < -0.39 is 35.8 Å². The molecule has 7 heteroatoms. The van der Waals surface area contributed by atoms with Crippen molar-refractivity contribution in [3.05, 3.63) is 59.7 Å². The van der Waals surface area contributed by atoms with E-state index in [1.54, 1.807) is 0 Å². The number of ketones is 2. The van der Waals surface area contributed by atoms with E-state index in [4.69, 9.17) is 9.47 Å². The molecule has 1 amide bonds. The first-order chi connectivity index (χ1) is 14.5. The minimum absolute atomic E-state index is 0.0744. The van der Waals surface area contributed by atoms with Gasteiger partial charge in [-0.1, -0.05) is 48.5 Å². The topological polar surface area (TPSA) is 98.8 Å². The monoisotopic (exact) mass is 407 g/mol. The molecule has 0 aromatic heterocycles. The number of nitrogens with one attached hydrogen (secondary N) is 1. The number of hydrogen-bond acceptors (Lipinski definition) is 6. The minimum Gasteiger partial charge on any atom is -0.449 e. The molecular weight excluding hydrogens is 386 g/mol. The van der Waals surface area contributed by atoms with E-state index in [0.29, 0.717) is 0 Å². The Morgan fingerprint density at radius 3 is 2.07 bits per heavy atom. The molecule has 0 saturated heterocycles. The van der Waals surface area contributed by atoms with Gasteiger partial charge in [0.1, 0.15) is 12.6 Å². The smallest absolute Gasteiger partial charge is 0.407 e. The Bertz CT molecular complexity index is 968. The second kappa shape index (κ2) is 8.10. The van der Waals surface area contributed by atoms with Crippen molar-refractivity contribution in [1.82, 2.24) is 5.32 Å². The Morgan fingerprint density at radius 1 is 0.967 bits per heavy atom. The van der Waals surface area contributed by atoms with Crippen molar-refractivity contribution in [3.8, 4) is 11.1 Å². The average molecular weight is 407 g/mol. The number of fused-ring (bicyclic) bond motifs is 3. The van der Waals surface area contributed by atoms with Gasteiger partial charge in [0.2, 0.25) is 6.10 Å². The number of ether oxygens (including phenoxy) is 2. The van der Waals surface area contributed by atoms with Crippen molar-refractivity contribution in [2.75, 3.05) is 6.61 Å². The van der Waals surface area contributed by atoms with Crippen molar-refractivity contribution < 1.29 is 28.7 Å². The van der Waals surface area contributed by atoms with E-state index in [-0.39, 0.29) is 25.4 Å². The summed E-state index contributed by atoms with van der Waals surface area (Å²) in [5.74, 6) is -1.78. The summed E-state index contributed by atoms with van der Waals surface area (Å²) in [6.07, 6.45) is -1.98. The average Bonchev–Trinajstić information content (AvgIpc) is 3.24. The van der Waals surface area contributed by atoms with Gasteiger partial charge in [-0.25, -0.2) is 9.59 Å². The molecule has 1 fully saturated rings. The van der Waals surface area contributed by atoms with E-state index in [1.807, 2.05) is 48.5 Å². The molecule has 1 unspecified atom stereocenters. The van der Waals surface area contributed by atoms with Crippen LogP contribution in [-0.2, 0) is 23.9 Å². The summed E-state index contributed by atoms with van der Waals surface area (Å²) in [5.41, 5.74) is 4.39. The molecule has 1 N–H and O–H groups in total. The zero-order chi connectivity index (χ0) is 21.3. The zero-order valence-corrected chi connectivity index (χ0v) is 16.4. The highest BCUT2D eigenvalue weighted by Gasteiger charge is 2.37. The maximum atomic E-state index is 12.2. The Labute approximate surface area is 173 Å². The maximum Gasteiger partial charge on any atom is 0.407 e. The molecule has 30 heavy (non-hydrogen) atoms. The van der Waals surface area contributed by atoms with E-state index in [0.717, 1.165) is 22.3 Å². The standard InChI is InChI=1S/C23H21NO6/c1-13(22(27)30-21-19(25)10-11-20(21)26)24-23(28)29-12-18-16-8-4-2-6-14(16)15-7-3-5-9-17(15)18/h2-9,13,18,21H,10-12H2,1H3,(H,24,28). The molecule has 0 aliphatic heterocycles. The highest BCUT2D eigenvalue weighted by Crippen LogP contribution is 2.44. The van der Waals surface area contributed by atoms with Gasteiger partial charge in [0.25, 0.3) is 0 Å². The molecule has 154 valence electrons. The number of alkyl carbamates (subject to hydrolysis) is 1. The molecule has 0 spiro atoms. The lowest BCUT2D eigenvalue weighted by atomic mass is 9.98. The van der Waals surface area contributed by atoms with E-state index in [2.05, 4.69) is 5.32 Å². The van der Waals surface area contributed by atoms with Gasteiger partial charge in [0.15, 0.2) is 11.6 Å². The van der Waals surface area contributed by atoms with Crippen molar-refractivity contribution in [1.29, 1.82) is 0 Å². The second-order valence-electron chi connectivity index (χ2n) is 7.44. The Morgan fingerprint density at radius 2 is 1.50 bits per heavy atom. The number of benzene rings is 2. The molecule has 2 aromatic rings. The van der Waals surface area contributed by atoms with Crippen LogP contribution in [0.1, 0.15) is 36.8 Å². The summed E-state index contributed by atoms with van der Waals surface area (Å²) in [6, 6.07) is 14.9. The number of hydrogen-bond donors (Lipinski definition) is 1. The third-order valence-corrected chi connectivity index (χ3v) is 5.47.